The number of piperazine rings is 1. The van der Waals surface area contributed by atoms with Gasteiger partial charge in [0.25, 0.3) is 0 Å². The average Bonchev–Trinajstić information content (AvgIpc) is 3.31. The molecule has 144 valence electrons. The Balaban J connectivity index is 1.46. The van der Waals surface area contributed by atoms with Crippen LogP contribution in [0.2, 0.25) is 0 Å². The standard InChI is InChI=1S/C19H23N3O4S/c1-15(23)22-7-6-16-13-18(4-5-19(16)22)27(24,25)21-10-8-20(9-11-21)14-17-3-2-12-26-17/h2-5,12-13H,6-11,14H2,1H3. The summed E-state index contributed by atoms with van der Waals surface area (Å²) in [7, 11) is -3.53. The van der Waals surface area contributed by atoms with Crippen LogP contribution in [0.4, 0.5) is 5.69 Å². The van der Waals surface area contributed by atoms with Crippen molar-refractivity contribution in [3.8, 4) is 0 Å². The zero-order chi connectivity index (χ0) is 19.0. The normalized spacial score (nSPS) is 18.6. The Morgan fingerprint density at radius 2 is 1.89 bits per heavy atom. The Morgan fingerprint density at radius 3 is 2.56 bits per heavy atom. The first-order valence-electron chi connectivity index (χ1n) is 9.11. The molecule has 1 amide bonds. The predicted octanol–water partition coefficient (Wildman–Crippen LogP) is 1.70. The minimum Gasteiger partial charge on any atom is -0.468 e. The number of carbonyl (C=O) groups excluding carboxylic acids is 1. The molecule has 0 atom stereocenters. The number of nitrogens with zero attached hydrogens (tertiary/aromatic N) is 3. The van der Waals surface area contributed by atoms with E-state index in [-0.39, 0.29) is 5.91 Å². The quantitative estimate of drug-likeness (QED) is 0.796. The van der Waals surface area contributed by atoms with Crippen molar-refractivity contribution in [2.75, 3.05) is 37.6 Å². The van der Waals surface area contributed by atoms with Gasteiger partial charge in [-0.25, -0.2) is 8.42 Å². The summed E-state index contributed by atoms with van der Waals surface area (Å²) in [6, 6.07) is 8.88. The van der Waals surface area contributed by atoms with Gasteiger partial charge in [-0.2, -0.15) is 4.31 Å². The van der Waals surface area contributed by atoms with Crippen LogP contribution in [-0.4, -0.2) is 56.3 Å². The third-order valence-electron chi connectivity index (χ3n) is 5.26. The molecule has 0 saturated carbocycles. The molecule has 0 aliphatic carbocycles. The second-order valence-corrected chi connectivity index (χ2v) is 8.91. The van der Waals surface area contributed by atoms with E-state index in [0.29, 0.717) is 50.6 Å². The maximum Gasteiger partial charge on any atom is 0.243 e. The molecule has 2 aromatic rings. The highest BCUT2D eigenvalue weighted by atomic mass is 32.2. The van der Waals surface area contributed by atoms with Crippen molar-refractivity contribution in [1.82, 2.24) is 9.21 Å². The summed E-state index contributed by atoms with van der Waals surface area (Å²) in [6.07, 6.45) is 2.34. The summed E-state index contributed by atoms with van der Waals surface area (Å²) in [5, 5.41) is 0. The van der Waals surface area contributed by atoms with Crippen LogP contribution in [-0.2, 0) is 27.8 Å². The van der Waals surface area contributed by atoms with Crippen molar-refractivity contribution >= 4 is 21.6 Å². The van der Waals surface area contributed by atoms with Crippen LogP contribution in [0.1, 0.15) is 18.2 Å². The number of furan rings is 1. The first kappa shape index (κ1) is 18.2. The van der Waals surface area contributed by atoms with Gasteiger partial charge >= 0.3 is 0 Å². The zero-order valence-corrected chi connectivity index (χ0v) is 16.1. The molecule has 0 unspecified atom stereocenters. The van der Waals surface area contributed by atoms with Gasteiger partial charge < -0.3 is 9.32 Å². The molecule has 2 aliphatic heterocycles. The van der Waals surface area contributed by atoms with Crippen LogP contribution in [0.25, 0.3) is 0 Å². The van der Waals surface area contributed by atoms with E-state index >= 15 is 0 Å². The molecule has 1 saturated heterocycles. The lowest BCUT2D eigenvalue weighted by Gasteiger charge is -2.33. The zero-order valence-electron chi connectivity index (χ0n) is 15.3. The highest BCUT2D eigenvalue weighted by molar-refractivity contribution is 7.89. The molecule has 8 heteroatoms. The van der Waals surface area contributed by atoms with Crippen molar-refractivity contribution in [2.45, 2.75) is 24.8 Å². The van der Waals surface area contributed by atoms with Crippen molar-refractivity contribution in [3.05, 3.63) is 47.9 Å². The van der Waals surface area contributed by atoms with Gasteiger partial charge in [-0.05, 0) is 42.3 Å². The molecule has 0 bridgehead atoms. The topological polar surface area (TPSA) is 74.1 Å². The van der Waals surface area contributed by atoms with Gasteiger partial charge in [0.05, 0.1) is 17.7 Å². The molecule has 1 aromatic carbocycles. The maximum absolute atomic E-state index is 13.0. The first-order chi connectivity index (χ1) is 12.9. The smallest absolute Gasteiger partial charge is 0.243 e. The molecule has 0 spiro atoms. The van der Waals surface area contributed by atoms with Gasteiger partial charge in [0.2, 0.25) is 15.9 Å². The van der Waals surface area contributed by atoms with E-state index in [1.165, 1.54) is 6.92 Å². The number of sulfonamides is 1. The van der Waals surface area contributed by atoms with E-state index in [1.54, 1.807) is 33.7 Å². The molecular formula is C19H23N3O4S. The predicted molar refractivity (Wildman–Crippen MR) is 101 cm³/mol. The minimum atomic E-state index is -3.53. The van der Waals surface area contributed by atoms with E-state index in [4.69, 9.17) is 4.42 Å². The monoisotopic (exact) mass is 389 g/mol. The van der Waals surface area contributed by atoms with Gasteiger partial charge in [-0.1, -0.05) is 0 Å². The molecule has 27 heavy (non-hydrogen) atoms. The fourth-order valence-electron chi connectivity index (χ4n) is 3.77. The van der Waals surface area contributed by atoms with E-state index < -0.39 is 10.0 Å². The number of fused-ring (bicyclic) bond motifs is 1. The van der Waals surface area contributed by atoms with Crippen LogP contribution >= 0.6 is 0 Å². The molecular weight excluding hydrogens is 366 g/mol. The van der Waals surface area contributed by atoms with Crippen LogP contribution in [0.5, 0.6) is 0 Å². The molecule has 0 N–H and O–H groups in total. The van der Waals surface area contributed by atoms with Crippen molar-refractivity contribution in [2.24, 2.45) is 0 Å². The average molecular weight is 389 g/mol. The van der Waals surface area contributed by atoms with Crippen LogP contribution in [0.3, 0.4) is 0 Å². The highest BCUT2D eigenvalue weighted by Crippen LogP contribution is 2.31. The fraction of sp³-hybridized carbons (Fsp3) is 0.421. The Bertz CT molecular complexity index is 932. The summed E-state index contributed by atoms with van der Waals surface area (Å²) >= 11 is 0. The number of amides is 1. The van der Waals surface area contributed by atoms with E-state index in [0.717, 1.165) is 17.0 Å². The van der Waals surface area contributed by atoms with Crippen LogP contribution < -0.4 is 4.90 Å². The summed E-state index contributed by atoms with van der Waals surface area (Å²) in [4.78, 5) is 15.9. The van der Waals surface area contributed by atoms with Gasteiger partial charge in [-0.3, -0.25) is 9.69 Å². The molecule has 1 aromatic heterocycles. The van der Waals surface area contributed by atoms with Crippen molar-refractivity contribution in [1.29, 1.82) is 0 Å². The number of carbonyl (C=O) groups is 1. The third kappa shape index (κ3) is 3.52. The first-order valence-corrected chi connectivity index (χ1v) is 10.5. The van der Waals surface area contributed by atoms with E-state index in [2.05, 4.69) is 4.90 Å². The van der Waals surface area contributed by atoms with Crippen molar-refractivity contribution < 1.29 is 17.6 Å². The van der Waals surface area contributed by atoms with Gasteiger partial charge in [0.1, 0.15) is 5.76 Å². The number of benzene rings is 1. The second-order valence-electron chi connectivity index (χ2n) is 6.97. The van der Waals surface area contributed by atoms with E-state index in [1.807, 2.05) is 12.1 Å². The Kier molecular flexibility index (Phi) is 4.79. The molecule has 3 heterocycles. The van der Waals surface area contributed by atoms with Gasteiger partial charge in [0.15, 0.2) is 0 Å². The highest BCUT2D eigenvalue weighted by Gasteiger charge is 2.30. The Labute approximate surface area is 159 Å². The molecule has 0 radical (unpaired) electrons. The van der Waals surface area contributed by atoms with Gasteiger partial charge in [-0.15, -0.1) is 0 Å². The molecule has 1 fully saturated rings. The molecule has 7 nitrogen and oxygen atoms in total. The fourth-order valence-corrected chi connectivity index (χ4v) is 5.24. The summed E-state index contributed by atoms with van der Waals surface area (Å²) in [6.45, 7) is 5.09. The number of hydrogen-bond acceptors (Lipinski definition) is 5. The molecule has 2 aliphatic rings. The lowest BCUT2D eigenvalue weighted by molar-refractivity contribution is -0.116. The summed E-state index contributed by atoms with van der Waals surface area (Å²) < 4.78 is 33.0. The number of hydrogen-bond donors (Lipinski definition) is 0. The van der Waals surface area contributed by atoms with Crippen molar-refractivity contribution in [3.63, 3.8) is 0 Å². The van der Waals surface area contributed by atoms with E-state index in [9.17, 15) is 13.2 Å². The number of rotatable bonds is 4. The third-order valence-corrected chi connectivity index (χ3v) is 7.15. The lowest BCUT2D eigenvalue weighted by Crippen LogP contribution is -2.48. The van der Waals surface area contributed by atoms with Gasteiger partial charge in [0, 0.05) is 45.3 Å². The second kappa shape index (κ2) is 7.10. The Morgan fingerprint density at radius 1 is 1.11 bits per heavy atom. The summed E-state index contributed by atoms with van der Waals surface area (Å²) in [5.41, 5.74) is 1.74. The van der Waals surface area contributed by atoms with Crippen LogP contribution in [0, 0.1) is 0 Å². The summed E-state index contributed by atoms with van der Waals surface area (Å²) in [5.74, 6) is 0.872. The SMILES string of the molecule is CC(=O)N1CCc2cc(S(=O)(=O)N3CCN(Cc4ccco4)CC3)ccc21. The van der Waals surface area contributed by atoms with Crippen LogP contribution in [0.15, 0.2) is 45.9 Å². The number of anilines is 1. The Hall–Kier alpha value is -2.16. The lowest BCUT2D eigenvalue weighted by atomic mass is 10.2. The molecule has 4 rings (SSSR count). The minimum absolute atomic E-state index is 0.0166. The largest absolute Gasteiger partial charge is 0.468 e. The maximum atomic E-state index is 13.0.